The van der Waals surface area contributed by atoms with Crippen molar-refractivity contribution in [3.05, 3.63) is 120 Å². The number of urea groups is 1. The van der Waals surface area contributed by atoms with Crippen molar-refractivity contribution in [1.82, 2.24) is 24.6 Å². The molecule has 12 heteroatoms. The zero-order valence-corrected chi connectivity index (χ0v) is 32.0. The smallest absolute Gasteiger partial charge is 0.324 e. The number of nitrogens with one attached hydrogen (secondary N) is 2. The number of carbonyl (C=O) groups excluding carboxylic acids is 1. The van der Waals surface area contributed by atoms with Crippen LogP contribution in [0.2, 0.25) is 0 Å². The molecule has 1 aliphatic heterocycles. The number of carbonyl (C=O) groups is 1. The number of benzene rings is 4. The van der Waals surface area contributed by atoms with Crippen LogP contribution in [0, 0.1) is 6.92 Å². The van der Waals surface area contributed by atoms with E-state index < -0.39 is 6.03 Å². The summed E-state index contributed by atoms with van der Waals surface area (Å²) in [5.74, 6) is 3.58. The molecule has 2 N–H and O–H groups in total. The maximum Gasteiger partial charge on any atom is 0.324 e. The van der Waals surface area contributed by atoms with Crippen molar-refractivity contribution in [2.45, 2.75) is 39.5 Å². The van der Waals surface area contributed by atoms with Gasteiger partial charge in [-0.15, -0.1) is 0 Å². The summed E-state index contributed by atoms with van der Waals surface area (Å²) in [5, 5.41) is 12.5. The van der Waals surface area contributed by atoms with Gasteiger partial charge in [0.25, 0.3) is 0 Å². The predicted octanol–water partition coefficient (Wildman–Crippen LogP) is 8.17. The average molecular weight is 742 g/mol. The summed E-state index contributed by atoms with van der Waals surface area (Å²) < 4.78 is 25.3. The molecule has 0 saturated carbocycles. The van der Waals surface area contributed by atoms with Crippen molar-refractivity contribution in [1.29, 1.82) is 0 Å². The highest BCUT2D eigenvalue weighted by atomic mass is 16.5. The highest BCUT2D eigenvalue weighted by Gasteiger charge is 2.22. The van der Waals surface area contributed by atoms with Gasteiger partial charge in [-0.25, -0.2) is 14.5 Å². The van der Waals surface area contributed by atoms with Crippen LogP contribution in [-0.4, -0.2) is 77.2 Å². The molecule has 1 fully saturated rings. The van der Waals surface area contributed by atoms with E-state index in [2.05, 4.69) is 41.3 Å². The van der Waals surface area contributed by atoms with E-state index in [1.807, 2.05) is 91.9 Å². The van der Waals surface area contributed by atoms with Crippen LogP contribution < -0.4 is 24.8 Å². The van der Waals surface area contributed by atoms with Crippen LogP contribution in [0.5, 0.6) is 23.1 Å². The van der Waals surface area contributed by atoms with Gasteiger partial charge in [0.1, 0.15) is 35.5 Å². The number of amides is 2. The van der Waals surface area contributed by atoms with E-state index in [-0.39, 0.29) is 5.41 Å². The van der Waals surface area contributed by atoms with Crippen LogP contribution in [0.25, 0.3) is 16.5 Å². The Morgan fingerprint density at radius 3 is 2.42 bits per heavy atom. The van der Waals surface area contributed by atoms with Crippen LogP contribution in [0.4, 0.5) is 16.3 Å². The summed E-state index contributed by atoms with van der Waals surface area (Å²) >= 11 is 0. The highest BCUT2D eigenvalue weighted by molar-refractivity contribution is 6.07. The Labute approximate surface area is 321 Å². The van der Waals surface area contributed by atoms with Gasteiger partial charge in [0.2, 0.25) is 5.88 Å². The largest absolute Gasteiger partial charge is 0.497 e. The molecule has 0 unspecified atom stereocenters. The van der Waals surface area contributed by atoms with E-state index in [4.69, 9.17) is 29.0 Å². The standard InChI is InChI=1S/C43H47N7O5/c1-29-10-12-31(13-11-29)50-40(28-38(48-50)43(2,3)4)47-42(51)45-36-14-15-37(35-9-7-6-8-34(35)36)55-41-16-17-44-39(46-41)26-30-24-32(52-5)27-33(25-30)54-23-20-49-18-21-53-22-19-49/h6-17,24-25,27-28H,18-23,26H2,1-5H3,(H2,45,47,51). The van der Waals surface area contributed by atoms with Crippen LogP contribution in [-0.2, 0) is 16.6 Å². The van der Waals surface area contributed by atoms with Gasteiger partial charge in [-0.3, -0.25) is 10.2 Å². The molecule has 0 atom stereocenters. The molecule has 6 aromatic rings. The summed E-state index contributed by atoms with van der Waals surface area (Å²) in [5.41, 5.74) is 4.23. The Balaban J connectivity index is 1.05. The lowest BCUT2D eigenvalue weighted by molar-refractivity contribution is 0.0322. The molecule has 4 aromatic carbocycles. The molecule has 1 saturated heterocycles. The molecule has 7 rings (SSSR count). The second kappa shape index (κ2) is 16.6. The molecule has 2 amide bonds. The number of ether oxygens (including phenoxy) is 4. The number of rotatable bonds is 12. The third kappa shape index (κ3) is 9.40. The second-order valence-corrected chi connectivity index (χ2v) is 14.6. The lowest BCUT2D eigenvalue weighted by atomic mass is 9.92. The predicted molar refractivity (Wildman–Crippen MR) is 214 cm³/mol. The van der Waals surface area contributed by atoms with Gasteiger partial charge in [0.15, 0.2) is 0 Å². The van der Waals surface area contributed by atoms with Crippen molar-refractivity contribution in [2.24, 2.45) is 0 Å². The molecule has 55 heavy (non-hydrogen) atoms. The monoisotopic (exact) mass is 741 g/mol. The third-order valence-corrected chi connectivity index (χ3v) is 9.34. The lowest BCUT2D eigenvalue weighted by Crippen LogP contribution is -2.38. The summed E-state index contributed by atoms with van der Waals surface area (Å²) in [7, 11) is 1.64. The fourth-order valence-corrected chi connectivity index (χ4v) is 6.33. The fraction of sp³-hybridized carbons (Fsp3) is 0.302. The molecule has 0 bridgehead atoms. The van der Waals surface area contributed by atoms with Crippen molar-refractivity contribution >= 4 is 28.3 Å². The summed E-state index contributed by atoms with van der Waals surface area (Å²) in [4.78, 5) is 25.1. The Bertz CT molecular complexity index is 2260. The number of fused-ring (bicyclic) bond motifs is 1. The van der Waals surface area contributed by atoms with E-state index in [0.717, 1.165) is 71.9 Å². The van der Waals surface area contributed by atoms with E-state index >= 15 is 0 Å². The Morgan fingerprint density at radius 2 is 1.65 bits per heavy atom. The Kier molecular flexibility index (Phi) is 11.3. The molecule has 0 spiro atoms. The molecule has 2 aromatic heterocycles. The van der Waals surface area contributed by atoms with Crippen LogP contribution in [0.1, 0.15) is 43.4 Å². The van der Waals surface area contributed by atoms with Gasteiger partial charge in [-0.1, -0.05) is 62.7 Å². The molecule has 0 radical (unpaired) electrons. The Morgan fingerprint density at radius 1 is 0.891 bits per heavy atom. The van der Waals surface area contributed by atoms with Gasteiger partial charge in [-0.2, -0.15) is 10.1 Å². The lowest BCUT2D eigenvalue weighted by Gasteiger charge is -2.26. The third-order valence-electron chi connectivity index (χ3n) is 9.34. The molecule has 3 heterocycles. The SMILES string of the molecule is COc1cc(Cc2nccc(Oc3ccc(NC(=O)Nc4cc(C(C)(C)C)nn4-c4ccc(C)cc4)c4ccccc34)n2)cc(OCCN2CCOCC2)c1. The second-order valence-electron chi connectivity index (χ2n) is 14.6. The van der Waals surface area contributed by atoms with Gasteiger partial charge in [0.05, 0.1) is 37.4 Å². The topological polar surface area (TPSA) is 125 Å². The number of aryl methyl sites for hydroxylation is 1. The number of aromatic nitrogens is 4. The number of nitrogens with zero attached hydrogens (tertiary/aromatic N) is 5. The average Bonchev–Trinajstić information content (AvgIpc) is 3.61. The molecule has 284 valence electrons. The van der Waals surface area contributed by atoms with Crippen molar-refractivity contribution < 1.29 is 23.7 Å². The highest BCUT2D eigenvalue weighted by Crippen LogP contribution is 2.35. The van der Waals surface area contributed by atoms with Crippen LogP contribution >= 0.6 is 0 Å². The van der Waals surface area contributed by atoms with Crippen molar-refractivity contribution in [3.63, 3.8) is 0 Å². The first-order valence-electron chi connectivity index (χ1n) is 18.5. The maximum atomic E-state index is 13.5. The minimum atomic E-state index is -0.392. The summed E-state index contributed by atoms with van der Waals surface area (Å²) in [6.45, 7) is 13.1. The van der Waals surface area contributed by atoms with Gasteiger partial charge in [0, 0.05) is 66.6 Å². The summed E-state index contributed by atoms with van der Waals surface area (Å²) in [6.07, 6.45) is 2.14. The first-order chi connectivity index (χ1) is 26.6. The minimum absolute atomic E-state index is 0.212. The van der Waals surface area contributed by atoms with E-state index in [1.54, 1.807) is 24.1 Å². The van der Waals surface area contributed by atoms with Crippen molar-refractivity contribution in [2.75, 3.05) is 57.2 Å². The minimum Gasteiger partial charge on any atom is -0.497 e. The van der Waals surface area contributed by atoms with E-state index in [1.165, 1.54) is 0 Å². The zero-order valence-electron chi connectivity index (χ0n) is 32.0. The van der Waals surface area contributed by atoms with Gasteiger partial charge in [-0.05, 0) is 48.9 Å². The quantitative estimate of drug-likeness (QED) is 0.128. The molecule has 1 aliphatic rings. The van der Waals surface area contributed by atoms with Crippen LogP contribution in [0.15, 0.2) is 97.2 Å². The number of methoxy groups -OCH3 is 1. The van der Waals surface area contributed by atoms with E-state index in [9.17, 15) is 4.79 Å². The van der Waals surface area contributed by atoms with Gasteiger partial charge >= 0.3 is 6.03 Å². The number of hydrogen-bond donors (Lipinski definition) is 2. The number of hydrogen-bond acceptors (Lipinski definition) is 9. The number of anilines is 2. The Hall–Kier alpha value is -5.98. The first-order valence-corrected chi connectivity index (χ1v) is 18.5. The maximum absolute atomic E-state index is 13.5. The summed E-state index contributed by atoms with van der Waals surface area (Å²) in [6, 6.07) is 28.5. The number of morpholine rings is 1. The molecular formula is C43H47N7O5. The fourth-order valence-electron chi connectivity index (χ4n) is 6.33. The molecule has 0 aliphatic carbocycles. The first kappa shape index (κ1) is 37.3. The molecule has 12 nitrogen and oxygen atoms in total. The van der Waals surface area contributed by atoms with Crippen molar-refractivity contribution in [3.8, 4) is 28.8 Å². The molecular weight excluding hydrogens is 695 g/mol. The zero-order chi connectivity index (χ0) is 38.4. The van der Waals surface area contributed by atoms with E-state index in [0.29, 0.717) is 47.7 Å². The van der Waals surface area contributed by atoms with Gasteiger partial charge < -0.3 is 24.3 Å². The normalized spacial score (nSPS) is 13.4. The van der Waals surface area contributed by atoms with Crippen LogP contribution in [0.3, 0.4) is 0 Å².